The van der Waals surface area contributed by atoms with Gasteiger partial charge >= 0.3 is 0 Å². The third kappa shape index (κ3) is 2.76. The highest BCUT2D eigenvalue weighted by Crippen LogP contribution is 2.41. The summed E-state index contributed by atoms with van der Waals surface area (Å²) in [7, 11) is 0. The molecule has 1 unspecified atom stereocenters. The summed E-state index contributed by atoms with van der Waals surface area (Å²) < 4.78 is 5.63. The first-order valence-electron chi connectivity index (χ1n) is 7.76. The molecule has 1 atom stereocenters. The van der Waals surface area contributed by atoms with Crippen LogP contribution in [-0.2, 0) is 4.74 Å². The average Bonchev–Trinajstić information content (AvgIpc) is 3.26. The first kappa shape index (κ1) is 14.1. The van der Waals surface area contributed by atoms with Gasteiger partial charge in [0.25, 0.3) is 0 Å². The molecule has 1 aliphatic carbocycles. The van der Waals surface area contributed by atoms with Gasteiger partial charge in [0.05, 0.1) is 13.2 Å². The Hall–Kier alpha value is -0.900. The standard InChI is InChI=1S/C17H26N2O/c1-17(2)12-20-9-8-19(17)16(11-18)15-5-3-4-14(10-15)13-6-7-13/h3-5,10,13,16H,6-9,11-12,18H2,1-2H3. The van der Waals surface area contributed by atoms with Gasteiger partial charge < -0.3 is 10.5 Å². The van der Waals surface area contributed by atoms with E-state index < -0.39 is 0 Å². The first-order valence-corrected chi connectivity index (χ1v) is 7.76. The van der Waals surface area contributed by atoms with E-state index in [2.05, 4.69) is 43.0 Å². The van der Waals surface area contributed by atoms with Crippen molar-refractivity contribution in [2.24, 2.45) is 5.73 Å². The van der Waals surface area contributed by atoms with Crippen LogP contribution in [0.4, 0.5) is 0 Å². The molecule has 0 amide bonds. The van der Waals surface area contributed by atoms with E-state index in [1.54, 1.807) is 0 Å². The molecule has 1 heterocycles. The number of ether oxygens (including phenoxy) is 1. The van der Waals surface area contributed by atoms with Gasteiger partial charge in [-0.05, 0) is 43.7 Å². The second-order valence-corrected chi connectivity index (χ2v) is 6.75. The minimum absolute atomic E-state index is 0.0534. The summed E-state index contributed by atoms with van der Waals surface area (Å²) in [6.07, 6.45) is 2.69. The lowest BCUT2D eigenvalue weighted by atomic mass is 9.94. The van der Waals surface area contributed by atoms with E-state index in [0.717, 1.165) is 25.7 Å². The molecule has 0 bridgehead atoms. The summed E-state index contributed by atoms with van der Waals surface area (Å²) >= 11 is 0. The maximum absolute atomic E-state index is 6.12. The summed E-state index contributed by atoms with van der Waals surface area (Å²) in [6.45, 7) is 7.72. The molecule has 20 heavy (non-hydrogen) atoms. The molecular weight excluding hydrogens is 248 g/mol. The van der Waals surface area contributed by atoms with E-state index in [4.69, 9.17) is 10.5 Å². The molecule has 3 heteroatoms. The molecule has 1 aliphatic heterocycles. The largest absolute Gasteiger partial charge is 0.378 e. The Bertz CT molecular complexity index is 468. The third-order valence-electron chi connectivity index (χ3n) is 4.65. The minimum Gasteiger partial charge on any atom is -0.378 e. The summed E-state index contributed by atoms with van der Waals surface area (Å²) in [5.74, 6) is 0.797. The topological polar surface area (TPSA) is 38.5 Å². The molecule has 2 N–H and O–H groups in total. The maximum atomic E-state index is 6.12. The fraction of sp³-hybridized carbons (Fsp3) is 0.647. The van der Waals surface area contributed by atoms with Gasteiger partial charge in [-0.25, -0.2) is 0 Å². The van der Waals surface area contributed by atoms with E-state index >= 15 is 0 Å². The quantitative estimate of drug-likeness (QED) is 0.917. The van der Waals surface area contributed by atoms with Gasteiger partial charge in [0.2, 0.25) is 0 Å². The van der Waals surface area contributed by atoms with Crippen LogP contribution in [0.2, 0.25) is 0 Å². The Morgan fingerprint density at radius 1 is 1.40 bits per heavy atom. The molecule has 3 nitrogen and oxygen atoms in total. The number of hydrogen-bond donors (Lipinski definition) is 1. The molecule has 3 rings (SSSR count). The van der Waals surface area contributed by atoms with E-state index in [1.807, 2.05) is 0 Å². The Morgan fingerprint density at radius 2 is 2.20 bits per heavy atom. The fourth-order valence-corrected chi connectivity index (χ4v) is 3.33. The number of nitrogens with zero attached hydrogens (tertiary/aromatic N) is 1. The number of hydrogen-bond acceptors (Lipinski definition) is 3. The number of nitrogens with two attached hydrogens (primary N) is 1. The van der Waals surface area contributed by atoms with Crippen molar-refractivity contribution in [3.63, 3.8) is 0 Å². The second-order valence-electron chi connectivity index (χ2n) is 6.75. The van der Waals surface area contributed by atoms with Gasteiger partial charge in [0, 0.05) is 24.7 Å². The number of benzene rings is 1. The minimum atomic E-state index is 0.0534. The van der Waals surface area contributed by atoms with Crippen molar-refractivity contribution in [3.05, 3.63) is 35.4 Å². The predicted octanol–water partition coefficient (Wildman–Crippen LogP) is 2.67. The average molecular weight is 274 g/mol. The highest BCUT2D eigenvalue weighted by molar-refractivity contribution is 5.31. The van der Waals surface area contributed by atoms with Crippen molar-refractivity contribution in [2.45, 2.75) is 44.2 Å². The van der Waals surface area contributed by atoms with Gasteiger partial charge in [0.1, 0.15) is 0 Å². The molecule has 0 spiro atoms. The molecule has 0 aromatic heterocycles. The zero-order chi connectivity index (χ0) is 14.2. The van der Waals surface area contributed by atoms with Crippen LogP contribution in [0.1, 0.15) is 49.8 Å². The van der Waals surface area contributed by atoms with Crippen LogP contribution in [0.5, 0.6) is 0 Å². The van der Waals surface area contributed by atoms with Crippen molar-refractivity contribution >= 4 is 0 Å². The van der Waals surface area contributed by atoms with Crippen LogP contribution in [0.15, 0.2) is 24.3 Å². The number of morpholine rings is 1. The second kappa shape index (κ2) is 5.47. The molecule has 1 aromatic carbocycles. The van der Waals surface area contributed by atoms with Gasteiger partial charge in [-0.2, -0.15) is 0 Å². The highest BCUT2D eigenvalue weighted by Gasteiger charge is 2.36. The van der Waals surface area contributed by atoms with Crippen molar-refractivity contribution < 1.29 is 4.74 Å². The van der Waals surface area contributed by atoms with Gasteiger partial charge in [-0.3, -0.25) is 4.90 Å². The Kier molecular flexibility index (Phi) is 3.85. The Morgan fingerprint density at radius 3 is 2.85 bits per heavy atom. The zero-order valence-corrected chi connectivity index (χ0v) is 12.6. The van der Waals surface area contributed by atoms with Gasteiger partial charge in [-0.15, -0.1) is 0 Å². The molecule has 2 fully saturated rings. The monoisotopic (exact) mass is 274 g/mol. The summed E-state index contributed by atoms with van der Waals surface area (Å²) in [5, 5.41) is 0. The van der Waals surface area contributed by atoms with Crippen molar-refractivity contribution in [3.8, 4) is 0 Å². The lowest BCUT2D eigenvalue weighted by molar-refractivity contribution is -0.0712. The van der Waals surface area contributed by atoms with Crippen LogP contribution < -0.4 is 5.73 Å². The summed E-state index contributed by atoms with van der Waals surface area (Å²) in [5.41, 5.74) is 9.03. The maximum Gasteiger partial charge on any atom is 0.0645 e. The van der Waals surface area contributed by atoms with Crippen LogP contribution >= 0.6 is 0 Å². The van der Waals surface area contributed by atoms with Crippen molar-refractivity contribution in [1.29, 1.82) is 0 Å². The van der Waals surface area contributed by atoms with Crippen LogP contribution in [0.3, 0.4) is 0 Å². The third-order valence-corrected chi connectivity index (χ3v) is 4.65. The van der Waals surface area contributed by atoms with Gasteiger partial charge in [0.15, 0.2) is 0 Å². The molecule has 1 saturated carbocycles. The van der Waals surface area contributed by atoms with Crippen LogP contribution in [0.25, 0.3) is 0 Å². The normalized spacial score (nSPS) is 24.6. The molecular formula is C17H26N2O. The van der Waals surface area contributed by atoms with E-state index in [-0.39, 0.29) is 5.54 Å². The molecule has 0 radical (unpaired) electrons. The van der Waals surface area contributed by atoms with E-state index in [1.165, 1.54) is 24.0 Å². The first-order chi connectivity index (χ1) is 9.62. The predicted molar refractivity (Wildman–Crippen MR) is 81.8 cm³/mol. The Balaban J connectivity index is 1.86. The highest BCUT2D eigenvalue weighted by atomic mass is 16.5. The van der Waals surface area contributed by atoms with Gasteiger partial charge in [-0.1, -0.05) is 24.3 Å². The van der Waals surface area contributed by atoms with Crippen molar-refractivity contribution in [2.75, 3.05) is 26.3 Å². The Labute approximate surface area is 122 Å². The zero-order valence-electron chi connectivity index (χ0n) is 12.6. The SMILES string of the molecule is CC1(C)COCCN1C(CN)c1cccc(C2CC2)c1. The summed E-state index contributed by atoms with van der Waals surface area (Å²) in [4.78, 5) is 2.52. The van der Waals surface area contributed by atoms with E-state index in [0.29, 0.717) is 12.6 Å². The molecule has 110 valence electrons. The lowest BCUT2D eigenvalue weighted by Gasteiger charge is -2.46. The molecule has 1 saturated heterocycles. The van der Waals surface area contributed by atoms with Crippen molar-refractivity contribution in [1.82, 2.24) is 4.90 Å². The fourth-order valence-electron chi connectivity index (χ4n) is 3.33. The smallest absolute Gasteiger partial charge is 0.0645 e. The van der Waals surface area contributed by atoms with Crippen LogP contribution in [-0.4, -0.2) is 36.7 Å². The lowest BCUT2D eigenvalue weighted by Crippen LogP contribution is -2.55. The van der Waals surface area contributed by atoms with E-state index in [9.17, 15) is 0 Å². The summed E-state index contributed by atoms with van der Waals surface area (Å²) in [6, 6.07) is 9.36. The molecule has 2 aliphatic rings. The molecule has 1 aromatic rings. The van der Waals surface area contributed by atoms with Crippen LogP contribution in [0, 0.1) is 0 Å². The number of rotatable bonds is 4.